The number of carbonyl (C=O) groups is 3. The molecule has 0 unspecified atom stereocenters. The van der Waals surface area contributed by atoms with Crippen LogP contribution in [0.2, 0.25) is 0 Å². The molecule has 3 aromatic rings. The zero-order valence-electron chi connectivity index (χ0n) is 14.5. The number of hydrogen-bond donors (Lipinski definition) is 3. The minimum atomic E-state index is -0.601. The molecule has 3 amide bonds. The van der Waals surface area contributed by atoms with E-state index >= 15 is 0 Å². The summed E-state index contributed by atoms with van der Waals surface area (Å²) in [4.78, 5) is 35.7. The third-order valence-electron chi connectivity index (χ3n) is 3.56. The Kier molecular flexibility index (Phi) is 6.44. The summed E-state index contributed by atoms with van der Waals surface area (Å²) in [6.07, 6.45) is 0.132. The summed E-state index contributed by atoms with van der Waals surface area (Å²) >= 11 is 3.90. The van der Waals surface area contributed by atoms with Crippen molar-refractivity contribution in [1.82, 2.24) is 14.8 Å². The van der Waals surface area contributed by atoms with Crippen molar-refractivity contribution in [3.05, 3.63) is 34.5 Å². The lowest BCUT2D eigenvalue weighted by Gasteiger charge is -2.08. The number of thioether (sulfide) groups is 1. The molecule has 3 heterocycles. The van der Waals surface area contributed by atoms with Crippen LogP contribution in [0.25, 0.3) is 10.7 Å². The van der Waals surface area contributed by atoms with Crippen molar-refractivity contribution >= 4 is 57.2 Å². The lowest BCUT2D eigenvalue weighted by molar-refractivity contribution is -0.118. The number of amides is 3. The minimum Gasteiger partial charge on any atom is -0.370 e. The molecule has 146 valence electrons. The van der Waals surface area contributed by atoms with Crippen molar-refractivity contribution in [2.75, 3.05) is 11.1 Å². The molecule has 0 aliphatic carbocycles. The smallest absolute Gasteiger partial charge is 0.251 e. The van der Waals surface area contributed by atoms with Crippen LogP contribution < -0.4 is 16.8 Å². The number of aromatic nitrogens is 3. The monoisotopic (exact) mass is 436 g/mol. The first kappa shape index (κ1) is 20.0. The van der Waals surface area contributed by atoms with Gasteiger partial charge in [0.15, 0.2) is 11.0 Å². The van der Waals surface area contributed by atoms with Gasteiger partial charge in [-0.2, -0.15) is 0 Å². The summed E-state index contributed by atoms with van der Waals surface area (Å²) in [5.74, 6) is -0.674. The Bertz CT molecular complexity index is 995. The molecule has 3 aromatic heterocycles. The molecule has 12 heteroatoms. The van der Waals surface area contributed by atoms with E-state index in [9.17, 15) is 14.4 Å². The maximum absolute atomic E-state index is 12.3. The van der Waals surface area contributed by atoms with Crippen LogP contribution in [0.4, 0.5) is 5.00 Å². The Morgan fingerprint density at radius 3 is 2.64 bits per heavy atom. The van der Waals surface area contributed by atoms with E-state index in [1.165, 1.54) is 34.4 Å². The highest BCUT2D eigenvalue weighted by atomic mass is 32.2. The molecule has 0 aliphatic rings. The number of primary amides is 2. The van der Waals surface area contributed by atoms with E-state index in [0.29, 0.717) is 22.5 Å². The van der Waals surface area contributed by atoms with Crippen LogP contribution in [0.15, 0.2) is 34.1 Å². The van der Waals surface area contributed by atoms with E-state index in [0.717, 1.165) is 4.88 Å². The second-order valence-corrected chi connectivity index (χ2v) is 8.32. The summed E-state index contributed by atoms with van der Waals surface area (Å²) < 4.78 is 1.77. The fourth-order valence-corrected chi connectivity index (χ4v) is 4.59. The normalized spacial score (nSPS) is 10.7. The van der Waals surface area contributed by atoms with Gasteiger partial charge in [-0.1, -0.05) is 17.8 Å². The van der Waals surface area contributed by atoms with Gasteiger partial charge in [-0.15, -0.1) is 32.9 Å². The molecule has 0 aromatic carbocycles. The number of thiophene rings is 2. The molecule has 9 nitrogen and oxygen atoms in total. The third kappa shape index (κ3) is 4.77. The van der Waals surface area contributed by atoms with Gasteiger partial charge in [0.2, 0.25) is 11.8 Å². The number of nitrogens with zero attached hydrogens (tertiary/aromatic N) is 3. The summed E-state index contributed by atoms with van der Waals surface area (Å²) in [7, 11) is 0. The van der Waals surface area contributed by atoms with E-state index in [2.05, 4.69) is 15.5 Å². The van der Waals surface area contributed by atoms with Crippen LogP contribution >= 0.6 is 34.4 Å². The quantitative estimate of drug-likeness (QED) is 0.436. The highest BCUT2D eigenvalue weighted by Gasteiger charge is 2.18. The van der Waals surface area contributed by atoms with Crippen LogP contribution in [0.1, 0.15) is 16.8 Å². The van der Waals surface area contributed by atoms with Crippen molar-refractivity contribution < 1.29 is 14.4 Å². The van der Waals surface area contributed by atoms with Crippen molar-refractivity contribution in [2.24, 2.45) is 11.5 Å². The Labute approximate surface area is 172 Å². The number of nitrogens with one attached hydrogen (secondary N) is 1. The molecule has 0 radical (unpaired) electrons. The molecular formula is C16H16N6O3S3. The Morgan fingerprint density at radius 2 is 1.96 bits per heavy atom. The number of nitrogens with two attached hydrogens (primary N) is 2. The SMILES string of the molecule is NC(=O)CCn1c(SCC(=O)Nc2sccc2C(N)=O)nnc1-c1cccs1. The maximum atomic E-state index is 12.3. The van der Waals surface area contributed by atoms with Crippen molar-refractivity contribution in [3.63, 3.8) is 0 Å². The number of rotatable bonds is 9. The summed E-state index contributed by atoms with van der Waals surface area (Å²) in [5.41, 5.74) is 10.8. The molecular weight excluding hydrogens is 420 g/mol. The standard InChI is InChI=1S/C16H16N6O3S3/c17-11(23)3-5-22-14(10-2-1-6-26-10)20-21-16(22)28-8-12(24)19-15-9(13(18)25)4-7-27-15/h1-2,4,6-7H,3,5,8H2,(H2,17,23)(H2,18,25)(H,19,24). The first-order valence-corrected chi connectivity index (χ1v) is 10.8. The highest BCUT2D eigenvalue weighted by molar-refractivity contribution is 7.99. The third-order valence-corrected chi connectivity index (χ3v) is 6.22. The first-order valence-electron chi connectivity index (χ1n) is 8.01. The molecule has 0 bridgehead atoms. The Hall–Kier alpha value is -2.70. The fourth-order valence-electron chi connectivity index (χ4n) is 2.30. The average Bonchev–Trinajstić information content (AvgIpc) is 3.38. The Balaban J connectivity index is 1.71. The predicted molar refractivity (Wildman–Crippen MR) is 109 cm³/mol. The van der Waals surface area contributed by atoms with Gasteiger partial charge in [0.05, 0.1) is 16.2 Å². The highest BCUT2D eigenvalue weighted by Crippen LogP contribution is 2.28. The van der Waals surface area contributed by atoms with Gasteiger partial charge in [0.25, 0.3) is 5.91 Å². The molecule has 3 rings (SSSR count). The van der Waals surface area contributed by atoms with Gasteiger partial charge < -0.3 is 21.4 Å². The second kappa shape index (κ2) is 8.99. The van der Waals surface area contributed by atoms with Crippen molar-refractivity contribution in [1.29, 1.82) is 0 Å². The van der Waals surface area contributed by atoms with E-state index < -0.39 is 11.8 Å². The largest absolute Gasteiger partial charge is 0.370 e. The minimum absolute atomic E-state index is 0.0508. The zero-order valence-corrected chi connectivity index (χ0v) is 16.9. The van der Waals surface area contributed by atoms with E-state index in [1.54, 1.807) is 16.0 Å². The topological polar surface area (TPSA) is 146 Å². The maximum Gasteiger partial charge on any atom is 0.251 e. The molecule has 0 fully saturated rings. The van der Waals surface area contributed by atoms with Crippen LogP contribution in [0.5, 0.6) is 0 Å². The van der Waals surface area contributed by atoms with E-state index in [1.807, 2.05) is 17.5 Å². The lowest BCUT2D eigenvalue weighted by Crippen LogP contribution is -2.18. The number of anilines is 1. The van der Waals surface area contributed by atoms with Crippen LogP contribution in [-0.2, 0) is 16.1 Å². The van der Waals surface area contributed by atoms with E-state index in [4.69, 9.17) is 11.5 Å². The molecule has 0 saturated heterocycles. The predicted octanol–water partition coefficient (Wildman–Crippen LogP) is 1.77. The summed E-state index contributed by atoms with van der Waals surface area (Å²) in [6.45, 7) is 0.316. The van der Waals surface area contributed by atoms with Gasteiger partial charge >= 0.3 is 0 Å². The second-order valence-electron chi connectivity index (χ2n) is 5.52. The lowest BCUT2D eigenvalue weighted by atomic mass is 10.3. The Morgan fingerprint density at radius 1 is 1.14 bits per heavy atom. The molecule has 0 saturated carbocycles. The first-order chi connectivity index (χ1) is 13.5. The average molecular weight is 437 g/mol. The van der Waals surface area contributed by atoms with Gasteiger partial charge in [0, 0.05) is 13.0 Å². The molecule has 28 heavy (non-hydrogen) atoms. The van der Waals surface area contributed by atoms with Crippen LogP contribution in [0, 0.1) is 0 Å². The molecule has 0 atom stereocenters. The van der Waals surface area contributed by atoms with Gasteiger partial charge in [0.1, 0.15) is 5.00 Å². The zero-order chi connectivity index (χ0) is 20.1. The summed E-state index contributed by atoms with van der Waals surface area (Å²) in [5, 5.41) is 15.5. The molecule has 0 aliphatic heterocycles. The van der Waals surface area contributed by atoms with Gasteiger partial charge in [-0.3, -0.25) is 14.4 Å². The number of carbonyl (C=O) groups excluding carboxylic acids is 3. The fraction of sp³-hybridized carbons (Fsp3) is 0.188. The van der Waals surface area contributed by atoms with Gasteiger partial charge in [-0.05, 0) is 22.9 Å². The van der Waals surface area contributed by atoms with E-state index in [-0.39, 0.29) is 23.6 Å². The van der Waals surface area contributed by atoms with Gasteiger partial charge in [-0.25, -0.2) is 0 Å². The van der Waals surface area contributed by atoms with Crippen LogP contribution in [-0.4, -0.2) is 38.2 Å². The molecule has 0 spiro atoms. The van der Waals surface area contributed by atoms with Crippen molar-refractivity contribution in [2.45, 2.75) is 18.1 Å². The van der Waals surface area contributed by atoms with Crippen molar-refractivity contribution in [3.8, 4) is 10.7 Å². The van der Waals surface area contributed by atoms with Crippen LogP contribution in [0.3, 0.4) is 0 Å². The number of hydrogen-bond acceptors (Lipinski definition) is 8. The molecule has 5 N–H and O–H groups in total. The summed E-state index contributed by atoms with van der Waals surface area (Å²) in [6, 6.07) is 5.35.